The number of carbonyl (C=O) groups is 1. The van der Waals surface area contributed by atoms with Crippen molar-refractivity contribution in [2.75, 3.05) is 25.0 Å². The number of aromatic nitrogens is 3. The van der Waals surface area contributed by atoms with E-state index in [4.69, 9.17) is 4.98 Å². The van der Waals surface area contributed by atoms with Crippen molar-refractivity contribution in [3.63, 3.8) is 0 Å². The predicted molar refractivity (Wildman–Crippen MR) is 111 cm³/mol. The third-order valence-corrected chi connectivity index (χ3v) is 5.77. The number of likely N-dealkylation sites (N-methyl/N-ethyl adjacent to an activating group) is 1. The van der Waals surface area contributed by atoms with Gasteiger partial charge in [0.2, 0.25) is 5.43 Å². The van der Waals surface area contributed by atoms with Crippen molar-refractivity contribution in [2.45, 2.75) is 13.0 Å². The van der Waals surface area contributed by atoms with Crippen molar-refractivity contribution < 1.29 is 9.90 Å². The summed E-state index contributed by atoms with van der Waals surface area (Å²) in [5.41, 5.74) is -0.414. The summed E-state index contributed by atoms with van der Waals surface area (Å²) in [6.45, 7) is 3.87. The molecule has 0 unspecified atom stereocenters. The molecule has 2 atom stereocenters. The van der Waals surface area contributed by atoms with E-state index in [9.17, 15) is 14.7 Å². The smallest absolute Gasteiger partial charge is 0.341 e. The number of nitrogens with one attached hydrogen (secondary N) is 1. The molecule has 10 heteroatoms. The van der Waals surface area contributed by atoms with Crippen LogP contribution in [0.4, 0.5) is 5.82 Å². The number of halogens is 1. The summed E-state index contributed by atoms with van der Waals surface area (Å²) in [4.78, 5) is 35.2. The van der Waals surface area contributed by atoms with Gasteiger partial charge in [-0.1, -0.05) is 6.92 Å². The lowest BCUT2D eigenvalue weighted by atomic mass is 10.1. The highest BCUT2D eigenvalue weighted by Gasteiger charge is 2.29. The molecule has 3 aromatic heterocycles. The van der Waals surface area contributed by atoms with Crippen LogP contribution in [0.1, 0.15) is 17.3 Å². The molecular formula is C18H20ClN5O3S. The maximum Gasteiger partial charge on any atom is 0.341 e. The molecule has 0 aromatic carbocycles. The number of hydrogen-bond acceptors (Lipinski definition) is 7. The van der Waals surface area contributed by atoms with Crippen LogP contribution in [0.3, 0.4) is 0 Å². The van der Waals surface area contributed by atoms with Gasteiger partial charge in [0, 0.05) is 36.9 Å². The first kappa shape index (κ1) is 20.2. The number of rotatable bonds is 4. The minimum absolute atomic E-state index is 0. The Labute approximate surface area is 171 Å². The zero-order valence-electron chi connectivity index (χ0n) is 15.3. The molecule has 1 fully saturated rings. The van der Waals surface area contributed by atoms with Gasteiger partial charge in [0.1, 0.15) is 11.4 Å². The molecule has 0 saturated carbocycles. The topological polar surface area (TPSA) is 100 Å². The first-order valence-corrected chi connectivity index (χ1v) is 9.49. The highest BCUT2D eigenvalue weighted by molar-refractivity contribution is 7.12. The number of thiazole rings is 1. The Bertz CT molecular complexity index is 1070. The maximum atomic E-state index is 12.6. The monoisotopic (exact) mass is 421 g/mol. The van der Waals surface area contributed by atoms with Crippen LogP contribution in [0.5, 0.6) is 0 Å². The average Bonchev–Trinajstić information content (AvgIpc) is 3.31. The number of fused-ring (bicyclic) bond motifs is 1. The van der Waals surface area contributed by atoms with Crippen molar-refractivity contribution >= 4 is 46.6 Å². The van der Waals surface area contributed by atoms with E-state index in [-0.39, 0.29) is 23.4 Å². The second kappa shape index (κ2) is 7.86. The van der Waals surface area contributed by atoms with Gasteiger partial charge >= 0.3 is 5.97 Å². The standard InChI is InChI=1S/C18H19N5O3S.ClH/c1-10-7-22(9-13(10)19-2)14-4-3-11-15(24)12(17(25)26)8-23(16(11)21-14)18-20-5-6-27-18;/h3-6,8,10,13,19H,7,9H2,1-2H3,(H,25,26);1H/t10-,13-;/m0./s1. The van der Waals surface area contributed by atoms with Gasteiger partial charge in [0.05, 0.1) is 5.39 Å². The van der Waals surface area contributed by atoms with E-state index >= 15 is 0 Å². The first-order chi connectivity index (χ1) is 13.0. The highest BCUT2D eigenvalue weighted by Crippen LogP contribution is 2.25. The van der Waals surface area contributed by atoms with Crippen molar-refractivity contribution in [1.29, 1.82) is 0 Å². The molecule has 4 heterocycles. The van der Waals surface area contributed by atoms with E-state index in [1.54, 1.807) is 28.3 Å². The second-order valence-electron chi connectivity index (χ2n) is 6.68. The van der Waals surface area contributed by atoms with Crippen molar-refractivity contribution in [2.24, 2.45) is 5.92 Å². The average molecular weight is 422 g/mol. The molecule has 0 amide bonds. The Kier molecular flexibility index (Phi) is 5.69. The summed E-state index contributed by atoms with van der Waals surface area (Å²) < 4.78 is 1.59. The quantitative estimate of drug-likeness (QED) is 0.664. The normalized spacial score (nSPS) is 19.0. The number of carboxylic acids is 1. The third-order valence-electron chi connectivity index (χ3n) is 5.00. The summed E-state index contributed by atoms with van der Waals surface area (Å²) in [6.07, 6.45) is 2.94. The van der Waals surface area contributed by atoms with E-state index in [2.05, 4.69) is 22.1 Å². The van der Waals surface area contributed by atoms with Crippen LogP contribution in [-0.4, -0.2) is 51.8 Å². The molecule has 2 N–H and O–H groups in total. The van der Waals surface area contributed by atoms with E-state index in [1.165, 1.54) is 17.5 Å². The van der Waals surface area contributed by atoms with Gasteiger partial charge in [-0.15, -0.1) is 23.7 Å². The number of hydrogen-bond donors (Lipinski definition) is 2. The molecule has 148 valence electrons. The first-order valence-electron chi connectivity index (χ1n) is 8.61. The molecule has 4 rings (SSSR count). The molecule has 0 bridgehead atoms. The molecule has 0 radical (unpaired) electrons. The minimum atomic E-state index is -1.26. The molecule has 3 aromatic rings. The molecule has 0 spiro atoms. The van der Waals surface area contributed by atoms with E-state index in [0.717, 1.165) is 18.9 Å². The molecule has 1 aliphatic heterocycles. The number of pyridine rings is 2. The van der Waals surface area contributed by atoms with Gasteiger partial charge in [-0.3, -0.25) is 9.36 Å². The Balaban J connectivity index is 0.00000225. The predicted octanol–water partition coefficient (Wildman–Crippen LogP) is 2.01. The molecule has 8 nitrogen and oxygen atoms in total. The van der Waals surface area contributed by atoms with Crippen LogP contribution < -0.4 is 15.6 Å². The lowest BCUT2D eigenvalue weighted by Crippen LogP contribution is -2.32. The number of anilines is 1. The zero-order chi connectivity index (χ0) is 19.1. The van der Waals surface area contributed by atoms with Gasteiger partial charge in [0.15, 0.2) is 10.8 Å². The zero-order valence-corrected chi connectivity index (χ0v) is 17.0. The van der Waals surface area contributed by atoms with Crippen LogP contribution in [0.15, 0.2) is 34.7 Å². The Hall–Kier alpha value is -2.49. The second-order valence-corrected chi connectivity index (χ2v) is 7.55. The van der Waals surface area contributed by atoms with Crippen molar-refractivity contribution in [3.8, 4) is 5.13 Å². The number of carboxylic acid groups (broad SMARTS) is 1. The minimum Gasteiger partial charge on any atom is -0.477 e. The lowest BCUT2D eigenvalue weighted by molar-refractivity contribution is 0.0695. The molecule has 28 heavy (non-hydrogen) atoms. The van der Waals surface area contributed by atoms with E-state index in [0.29, 0.717) is 22.7 Å². The van der Waals surface area contributed by atoms with Gasteiger partial charge in [-0.25, -0.2) is 14.8 Å². The summed E-state index contributed by atoms with van der Waals surface area (Å²) in [6, 6.07) is 3.82. The number of aromatic carboxylic acids is 1. The SMILES string of the molecule is CN[C@H]1CN(c2ccc3c(=O)c(C(=O)O)cn(-c4nccs4)c3n2)C[C@@H]1C.Cl. The highest BCUT2D eigenvalue weighted by atomic mass is 35.5. The summed E-state index contributed by atoms with van der Waals surface area (Å²) in [7, 11) is 1.95. The lowest BCUT2D eigenvalue weighted by Gasteiger charge is -2.18. The Morgan fingerprint density at radius 2 is 2.14 bits per heavy atom. The third kappa shape index (κ3) is 3.36. The van der Waals surface area contributed by atoms with Gasteiger partial charge in [0.25, 0.3) is 0 Å². The summed E-state index contributed by atoms with van der Waals surface area (Å²) in [5.74, 6) is -0.0237. The molecule has 1 saturated heterocycles. The van der Waals surface area contributed by atoms with E-state index in [1.807, 2.05) is 7.05 Å². The van der Waals surface area contributed by atoms with Crippen LogP contribution in [0, 0.1) is 5.92 Å². The van der Waals surface area contributed by atoms with Crippen LogP contribution >= 0.6 is 23.7 Å². The Morgan fingerprint density at radius 1 is 1.36 bits per heavy atom. The fourth-order valence-corrected chi connectivity index (χ4v) is 4.15. The summed E-state index contributed by atoms with van der Waals surface area (Å²) in [5, 5.41) is 15.3. The molecule has 0 aliphatic carbocycles. The largest absolute Gasteiger partial charge is 0.477 e. The fourth-order valence-electron chi connectivity index (χ4n) is 3.53. The summed E-state index contributed by atoms with van der Waals surface area (Å²) >= 11 is 1.35. The van der Waals surface area contributed by atoms with Gasteiger partial charge in [-0.05, 0) is 25.1 Å². The van der Waals surface area contributed by atoms with Gasteiger partial charge < -0.3 is 15.3 Å². The molecule has 1 aliphatic rings. The van der Waals surface area contributed by atoms with E-state index < -0.39 is 11.4 Å². The Morgan fingerprint density at radius 3 is 2.75 bits per heavy atom. The van der Waals surface area contributed by atoms with Crippen molar-refractivity contribution in [3.05, 3.63) is 45.7 Å². The van der Waals surface area contributed by atoms with Crippen LogP contribution in [0.25, 0.3) is 16.2 Å². The van der Waals surface area contributed by atoms with Gasteiger partial charge in [-0.2, -0.15) is 0 Å². The molecular weight excluding hydrogens is 402 g/mol. The van der Waals surface area contributed by atoms with Crippen LogP contribution in [0.2, 0.25) is 0 Å². The number of nitrogens with zero attached hydrogens (tertiary/aromatic N) is 4. The van der Waals surface area contributed by atoms with Crippen LogP contribution in [-0.2, 0) is 0 Å². The fraction of sp³-hybridized carbons (Fsp3) is 0.333. The maximum absolute atomic E-state index is 12.6. The van der Waals surface area contributed by atoms with Crippen molar-refractivity contribution in [1.82, 2.24) is 19.9 Å².